The lowest BCUT2D eigenvalue weighted by molar-refractivity contribution is -0.135. The zero-order valence-corrected chi connectivity index (χ0v) is 16.6. The molecular weight excluding hydrogens is 372 g/mol. The van der Waals surface area contributed by atoms with Crippen LogP contribution in [0.25, 0.3) is 0 Å². The van der Waals surface area contributed by atoms with Gasteiger partial charge in [-0.05, 0) is 49.4 Å². The van der Waals surface area contributed by atoms with Crippen LogP contribution in [0.15, 0.2) is 28.8 Å². The molecule has 29 heavy (non-hydrogen) atoms. The highest BCUT2D eigenvalue weighted by Crippen LogP contribution is 2.26. The predicted octanol–water partition coefficient (Wildman–Crippen LogP) is 1.63. The quantitative estimate of drug-likeness (QED) is 0.796. The summed E-state index contributed by atoms with van der Waals surface area (Å²) in [7, 11) is 0. The third-order valence-corrected chi connectivity index (χ3v) is 5.42. The molecule has 0 saturated carbocycles. The highest BCUT2D eigenvalue weighted by atomic mass is 16.5. The number of nitrogens with zero attached hydrogens (tertiary/aromatic N) is 3. The Bertz CT molecular complexity index is 887. The van der Waals surface area contributed by atoms with Crippen molar-refractivity contribution in [2.45, 2.75) is 26.2 Å². The summed E-state index contributed by atoms with van der Waals surface area (Å²) in [5.41, 5.74) is 2.73. The van der Waals surface area contributed by atoms with Crippen molar-refractivity contribution in [3.8, 4) is 5.75 Å². The van der Waals surface area contributed by atoms with Crippen LogP contribution in [0.3, 0.4) is 0 Å². The van der Waals surface area contributed by atoms with Gasteiger partial charge in [0.15, 0.2) is 12.4 Å². The number of carbonyl (C=O) groups excluding carboxylic acids is 2. The number of nitrogens with one attached hydrogen (secondary N) is 1. The molecule has 8 heteroatoms. The Hall–Kier alpha value is -2.87. The van der Waals surface area contributed by atoms with Gasteiger partial charge in [0.2, 0.25) is 5.91 Å². The molecule has 2 heterocycles. The molecule has 0 radical (unpaired) electrons. The highest BCUT2D eigenvalue weighted by Gasteiger charge is 2.23. The molecule has 0 spiro atoms. The molecule has 154 valence electrons. The van der Waals surface area contributed by atoms with E-state index in [-0.39, 0.29) is 25.0 Å². The first-order chi connectivity index (χ1) is 14.1. The standard InChI is InChI=1S/C21H26N4O4/c1-15-11-19(23-29-15)22-20(26)13-24-7-9-25(10-8-24)21(27)14-28-18-6-5-16-3-2-4-17(16)12-18/h5-6,11-12H,2-4,7-10,13-14H2,1H3,(H,22,23,26). The second-order valence-electron chi connectivity index (χ2n) is 7.60. The Morgan fingerprint density at radius 1 is 1.14 bits per heavy atom. The number of aromatic nitrogens is 1. The summed E-state index contributed by atoms with van der Waals surface area (Å²) in [6.45, 7) is 4.55. The van der Waals surface area contributed by atoms with Gasteiger partial charge in [-0.1, -0.05) is 11.2 Å². The van der Waals surface area contributed by atoms with Gasteiger partial charge in [0.25, 0.3) is 5.91 Å². The SMILES string of the molecule is Cc1cc(NC(=O)CN2CCN(C(=O)COc3ccc4c(c3)CCC4)CC2)no1. The minimum absolute atomic E-state index is 0.0207. The molecule has 1 aliphatic carbocycles. The first-order valence-electron chi connectivity index (χ1n) is 10.0. The maximum Gasteiger partial charge on any atom is 0.260 e. The van der Waals surface area contributed by atoms with Gasteiger partial charge in [-0.2, -0.15) is 0 Å². The average molecular weight is 398 g/mol. The third-order valence-electron chi connectivity index (χ3n) is 5.42. The van der Waals surface area contributed by atoms with Gasteiger partial charge >= 0.3 is 0 Å². The smallest absolute Gasteiger partial charge is 0.260 e. The summed E-state index contributed by atoms with van der Waals surface area (Å²) in [6.07, 6.45) is 3.42. The van der Waals surface area contributed by atoms with Gasteiger partial charge in [-0.15, -0.1) is 0 Å². The molecule has 1 saturated heterocycles. The lowest BCUT2D eigenvalue weighted by Gasteiger charge is -2.34. The molecule has 2 amide bonds. The highest BCUT2D eigenvalue weighted by molar-refractivity contribution is 5.91. The van der Waals surface area contributed by atoms with E-state index in [4.69, 9.17) is 9.26 Å². The number of carbonyl (C=O) groups is 2. The van der Waals surface area contributed by atoms with Crippen LogP contribution in [0.5, 0.6) is 5.75 Å². The Morgan fingerprint density at radius 2 is 1.93 bits per heavy atom. The fourth-order valence-electron chi connectivity index (χ4n) is 3.84. The summed E-state index contributed by atoms with van der Waals surface area (Å²) in [5.74, 6) is 1.67. The number of hydrogen-bond acceptors (Lipinski definition) is 6. The van der Waals surface area contributed by atoms with E-state index in [1.54, 1.807) is 17.9 Å². The van der Waals surface area contributed by atoms with Crippen LogP contribution >= 0.6 is 0 Å². The Kier molecular flexibility index (Phi) is 5.80. The van der Waals surface area contributed by atoms with Crippen LogP contribution < -0.4 is 10.1 Å². The fraction of sp³-hybridized carbons (Fsp3) is 0.476. The topological polar surface area (TPSA) is 87.9 Å². The van der Waals surface area contributed by atoms with E-state index >= 15 is 0 Å². The van der Waals surface area contributed by atoms with Crippen molar-refractivity contribution in [3.05, 3.63) is 41.2 Å². The molecule has 0 bridgehead atoms. The summed E-state index contributed by atoms with van der Waals surface area (Å²) in [6, 6.07) is 7.79. The monoisotopic (exact) mass is 398 g/mol. The molecule has 1 fully saturated rings. The zero-order chi connectivity index (χ0) is 20.2. The van der Waals surface area contributed by atoms with Gasteiger partial charge in [0.05, 0.1) is 6.54 Å². The predicted molar refractivity (Wildman–Crippen MR) is 107 cm³/mol. The molecular formula is C21H26N4O4. The van der Waals surface area contributed by atoms with E-state index in [2.05, 4.69) is 22.6 Å². The molecule has 4 rings (SSSR count). The van der Waals surface area contributed by atoms with Gasteiger partial charge in [-0.25, -0.2) is 0 Å². The lowest BCUT2D eigenvalue weighted by Crippen LogP contribution is -2.51. The van der Waals surface area contributed by atoms with Crippen LogP contribution in [0.2, 0.25) is 0 Å². The summed E-state index contributed by atoms with van der Waals surface area (Å²) in [4.78, 5) is 28.4. The number of amides is 2. The lowest BCUT2D eigenvalue weighted by atomic mass is 10.1. The zero-order valence-electron chi connectivity index (χ0n) is 16.6. The second-order valence-corrected chi connectivity index (χ2v) is 7.60. The molecule has 1 aromatic heterocycles. The van der Waals surface area contributed by atoms with E-state index in [0.29, 0.717) is 37.8 Å². The van der Waals surface area contributed by atoms with Crippen LogP contribution in [-0.2, 0) is 22.4 Å². The number of rotatable bonds is 6. The number of ether oxygens (including phenoxy) is 1. The number of benzene rings is 1. The van der Waals surface area contributed by atoms with Crippen molar-refractivity contribution in [1.82, 2.24) is 15.0 Å². The number of fused-ring (bicyclic) bond motifs is 1. The second kappa shape index (κ2) is 8.65. The van der Waals surface area contributed by atoms with E-state index in [1.165, 1.54) is 17.5 Å². The van der Waals surface area contributed by atoms with E-state index in [0.717, 1.165) is 18.6 Å². The Balaban J connectivity index is 1.19. The van der Waals surface area contributed by atoms with Gasteiger partial charge < -0.3 is 19.5 Å². The number of piperazine rings is 1. The minimum Gasteiger partial charge on any atom is -0.484 e. The van der Waals surface area contributed by atoms with Crippen molar-refractivity contribution in [3.63, 3.8) is 0 Å². The van der Waals surface area contributed by atoms with Crippen LogP contribution in [0, 0.1) is 6.92 Å². The maximum absolute atomic E-state index is 12.5. The fourth-order valence-corrected chi connectivity index (χ4v) is 3.84. The molecule has 2 aliphatic rings. The molecule has 0 atom stereocenters. The van der Waals surface area contributed by atoms with Crippen LogP contribution in [-0.4, -0.2) is 66.1 Å². The van der Waals surface area contributed by atoms with E-state index in [1.807, 2.05) is 11.0 Å². The van der Waals surface area contributed by atoms with Crippen molar-refractivity contribution in [2.24, 2.45) is 0 Å². The number of anilines is 1. The van der Waals surface area contributed by atoms with E-state index < -0.39 is 0 Å². The van der Waals surface area contributed by atoms with Gasteiger partial charge in [0.1, 0.15) is 11.5 Å². The summed E-state index contributed by atoms with van der Waals surface area (Å²) >= 11 is 0. The van der Waals surface area contributed by atoms with Gasteiger partial charge in [0, 0.05) is 32.2 Å². The van der Waals surface area contributed by atoms with Crippen molar-refractivity contribution in [2.75, 3.05) is 44.6 Å². The molecule has 1 N–H and O–H groups in total. The molecule has 1 aliphatic heterocycles. The van der Waals surface area contributed by atoms with E-state index in [9.17, 15) is 9.59 Å². The van der Waals surface area contributed by atoms with Crippen molar-refractivity contribution in [1.29, 1.82) is 0 Å². The maximum atomic E-state index is 12.5. The first kappa shape index (κ1) is 19.4. The minimum atomic E-state index is -0.141. The molecule has 1 aromatic carbocycles. The Morgan fingerprint density at radius 3 is 2.69 bits per heavy atom. The summed E-state index contributed by atoms with van der Waals surface area (Å²) in [5, 5.41) is 6.47. The van der Waals surface area contributed by atoms with Crippen molar-refractivity contribution < 1.29 is 18.8 Å². The van der Waals surface area contributed by atoms with Crippen LogP contribution in [0.1, 0.15) is 23.3 Å². The summed E-state index contributed by atoms with van der Waals surface area (Å²) < 4.78 is 10.7. The molecule has 2 aromatic rings. The third kappa shape index (κ3) is 4.95. The molecule has 0 unspecified atom stereocenters. The Labute approximate surface area is 169 Å². The average Bonchev–Trinajstić information content (AvgIpc) is 3.34. The first-order valence-corrected chi connectivity index (χ1v) is 10.0. The number of hydrogen-bond donors (Lipinski definition) is 1. The largest absolute Gasteiger partial charge is 0.484 e. The van der Waals surface area contributed by atoms with Gasteiger partial charge in [-0.3, -0.25) is 14.5 Å². The normalized spacial score (nSPS) is 16.5. The van der Waals surface area contributed by atoms with Crippen LogP contribution in [0.4, 0.5) is 5.82 Å². The number of aryl methyl sites for hydroxylation is 3. The molecule has 8 nitrogen and oxygen atoms in total. The van der Waals surface area contributed by atoms with Crippen molar-refractivity contribution >= 4 is 17.6 Å².